The van der Waals surface area contributed by atoms with Crippen molar-refractivity contribution in [1.82, 2.24) is 4.31 Å². The molecule has 21 heavy (non-hydrogen) atoms. The molecule has 1 atom stereocenters. The van der Waals surface area contributed by atoms with Gasteiger partial charge >= 0.3 is 5.97 Å². The highest BCUT2D eigenvalue weighted by Crippen LogP contribution is 2.33. The van der Waals surface area contributed by atoms with Crippen molar-refractivity contribution < 1.29 is 27.6 Å². The second kappa shape index (κ2) is 5.37. The summed E-state index contributed by atoms with van der Waals surface area (Å²) in [5, 5.41) is 19.9. The number of nitrogens with zero attached hydrogens (tertiary/aromatic N) is 2. The van der Waals surface area contributed by atoms with Crippen LogP contribution in [0.5, 0.6) is 0 Å². The molecule has 0 unspecified atom stereocenters. The summed E-state index contributed by atoms with van der Waals surface area (Å²) in [7, 11) is -4.60. The molecule has 1 saturated heterocycles. The van der Waals surface area contributed by atoms with Crippen molar-refractivity contribution in [2.24, 2.45) is 0 Å². The van der Waals surface area contributed by atoms with Gasteiger partial charge in [-0.1, -0.05) is 6.07 Å². The van der Waals surface area contributed by atoms with Crippen LogP contribution in [0.2, 0.25) is 0 Å². The Balaban J connectivity index is 2.60. The predicted molar refractivity (Wildman–Crippen MR) is 67.6 cm³/mol. The van der Waals surface area contributed by atoms with E-state index < -0.39 is 43.4 Å². The summed E-state index contributed by atoms with van der Waals surface area (Å²) in [4.78, 5) is 19.8. The average molecular weight is 318 g/mol. The van der Waals surface area contributed by atoms with Crippen LogP contribution in [0.4, 0.5) is 10.1 Å². The topological polar surface area (TPSA) is 118 Å². The number of carboxylic acid groups (broad SMARTS) is 1. The minimum Gasteiger partial charge on any atom is -0.480 e. The summed E-state index contributed by atoms with van der Waals surface area (Å²) < 4.78 is 39.3. The number of nitro benzene ring substituents is 1. The molecule has 0 radical (unpaired) electrons. The van der Waals surface area contributed by atoms with E-state index in [1.807, 2.05) is 0 Å². The third-order valence-electron chi connectivity index (χ3n) is 3.20. The number of benzene rings is 1. The number of rotatable bonds is 4. The summed E-state index contributed by atoms with van der Waals surface area (Å²) in [5.74, 6) is -2.64. The number of hydrogen-bond acceptors (Lipinski definition) is 5. The van der Waals surface area contributed by atoms with Crippen LogP contribution in [-0.2, 0) is 14.8 Å². The zero-order valence-electron chi connectivity index (χ0n) is 10.6. The first kappa shape index (κ1) is 15.3. The molecule has 1 aromatic rings. The lowest BCUT2D eigenvalue weighted by atomic mass is 10.2. The Bertz CT molecular complexity index is 705. The Morgan fingerprint density at radius 1 is 1.48 bits per heavy atom. The Hall–Kier alpha value is -2.07. The average Bonchev–Trinajstić information content (AvgIpc) is 2.88. The van der Waals surface area contributed by atoms with Gasteiger partial charge in [0.1, 0.15) is 11.9 Å². The summed E-state index contributed by atoms with van der Waals surface area (Å²) >= 11 is 0. The molecule has 0 aromatic heterocycles. The SMILES string of the molecule is O=C(O)[C@@H]1CCCN1S(=O)(=O)c1c(F)cccc1[N+](=O)[O-]. The van der Waals surface area contributed by atoms with Gasteiger partial charge in [0.15, 0.2) is 4.90 Å². The molecule has 1 aromatic carbocycles. The van der Waals surface area contributed by atoms with Crippen molar-refractivity contribution in [1.29, 1.82) is 0 Å². The number of nitro groups is 1. The quantitative estimate of drug-likeness (QED) is 0.653. The van der Waals surface area contributed by atoms with E-state index in [-0.39, 0.29) is 13.0 Å². The molecule has 0 saturated carbocycles. The number of sulfonamides is 1. The van der Waals surface area contributed by atoms with Gasteiger partial charge in [-0.2, -0.15) is 4.31 Å². The van der Waals surface area contributed by atoms with Crippen LogP contribution >= 0.6 is 0 Å². The summed E-state index contributed by atoms with van der Waals surface area (Å²) in [5.41, 5.74) is -0.911. The first-order valence-corrected chi connectivity index (χ1v) is 7.38. The maximum atomic E-state index is 13.8. The molecule has 0 bridgehead atoms. The first-order valence-electron chi connectivity index (χ1n) is 5.94. The van der Waals surface area contributed by atoms with Gasteiger partial charge in [-0.3, -0.25) is 14.9 Å². The second-order valence-corrected chi connectivity index (χ2v) is 6.28. The minimum atomic E-state index is -4.60. The van der Waals surface area contributed by atoms with E-state index in [9.17, 15) is 27.7 Å². The highest BCUT2D eigenvalue weighted by Gasteiger charge is 2.43. The number of hydrogen-bond donors (Lipinski definition) is 1. The molecule has 2 rings (SSSR count). The molecular weight excluding hydrogens is 307 g/mol. The molecule has 0 amide bonds. The van der Waals surface area contributed by atoms with Crippen LogP contribution in [0.25, 0.3) is 0 Å². The number of carbonyl (C=O) groups is 1. The van der Waals surface area contributed by atoms with Crippen molar-refractivity contribution >= 4 is 21.7 Å². The summed E-state index contributed by atoms with van der Waals surface area (Å²) in [6, 6.07) is 1.33. The zero-order valence-corrected chi connectivity index (χ0v) is 11.4. The Morgan fingerprint density at radius 3 is 2.71 bits per heavy atom. The van der Waals surface area contributed by atoms with Crippen LogP contribution in [0.15, 0.2) is 23.1 Å². The standard InChI is InChI=1S/C11H11FN2O6S/c12-7-3-1-4-8(14(17)18)10(7)21(19,20)13-6-2-5-9(13)11(15)16/h1,3-4,9H,2,5-6H2,(H,15,16)/t9-/m0/s1. The summed E-state index contributed by atoms with van der Waals surface area (Å²) in [6.45, 7) is -0.120. The van der Waals surface area contributed by atoms with Gasteiger partial charge in [0.05, 0.1) is 4.92 Å². The lowest BCUT2D eigenvalue weighted by Crippen LogP contribution is -2.40. The monoisotopic (exact) mass is 318 g/mol. The fraction of sp³-hybridized carbons (Fsp3) is 0.364. The normalized spacial score (nSPS) is 19.6. The maximum Gasteiger partial charge on any atom is 0.322 e. The number of halogens is 1. The molecule has 1 aliphatic rings. The van der Waals surface area contributed by atoms with Crippen LogP contribution in [0.1, 0.15) is 12.8 Å². The highest BCUT2D eigenvalue weighted by atomic mass is 32.2. The minimum absolute atomic E-state index is 0.0802. The predicted octanol–water partition coefficient (Wildman–Crippen LogP) is 0.972. The van der Waals surface area contributed by atoms with Gasteiger partial charge in [-0.25, -0.2) is 12.8 Å². The van der Waals surface area contributed by atoms with Crippen molar-refractivity contribution in [2.45, 2.75) is 23.8 Å². The van der Waals surface area contributed by atoms with Gasteiger partial charge in [0.2, 0.25) is 0 Å². The third-order valence-corrected chi connectivity index (χ3v) is 5.17. The van der Waals surface area contributed by atoms with Crippen molar-refractivity contribution in [3.63, 3.8) is 0 Å². The van der Waals surface area contributed by atoms with Crippen molar-refractivity contribution in [3.05, 3.63) is 34.1 Å². The molecule has 1 N–H and O–H groups in total. The highest BCUT2D eigenvalue weighted by molar-refractivity contribution is 7.89. The molecule has 10 heteroatoms. The Kier molecular flexibility index (Phi) is 3.92. The Morgan fingerprint density at radius 2 is 2.14 bits per heavy atom. The second-order valence-electron chi connectivity index (χ2n) is 4.46. The first-order chi connectivity index (χ1) is 9.76. The maximum absolute atomic E-state index is 13.8. The van der Waals surface area contributed by atoms with Crippen LogP contribution in [0.3, 0.4) is 0 Å². The van der Waals surface area contributed by atoms with Gasteiger partial charge in [-0.15, -0.1) is 0 Å². The van der Waals surface area contributed by atoms with Crippen LogP contribution in [-0.4, -0.2) is 41.3 Å². The number of aliphatic carboxylic acids is 1. The third kappa shape index (κ3) is 2.59. The van der Waals surface area contributed by atoms with E-state index in [0.29, 0.717) is 10.7 Å². The van der Waals surface area contributed by atoms with E-state index in [1.165, 1.54) is 0 Å². The lowest BCUT2D eigenvalue weighted by molar-refractivity contribution is -0.388. The van der Waals surface area contributed by atoms with Crippen LogP contribution < -0.4 is 0 Å². The molecule has 1 heterocycles. The van der Waals surface area contributed by atoms with Crippen molar-refractivity contribution in [2.75, 3.05) is 6.54 Å². The van der Waals surface area contributed by atoms with Gasteiger partial charge in [0.25, 0.3) is 15.7 Å². The summed E-state index contributed by atoms with van der Waals surface area (Å²) in [6.07, 6.45) is 0.370. The molecule has 1 aliphatic heterocycles. The molecule has 0 aliphatic carbocycles. The lowest BCUT2D eigenvalue weighted by Gasteiger charge is -2.20. The van der Waals surface area contributed by atoms with Gasteiger partial charge in [-0.05, 0) is 18.9 Å². The van der Waals surface area contributed by atoms with E-state index in [0.717, 1.165) is 18.2 Å². The largest absolute Gasteiger partial charge is 0.480 e. The zero-order chi connectivity index (χ0) is 15.8. The number of carboxylic acids is 1. The van der Waals surface area contributed by atoms with Crippen molar-refractivity contribution in [3.8, 4) is 0 Å². The molecule has 0 spiro atoms. The van der Waals surface area contributed by atoms with E-state index >= 15 is 0 Å². The van der Waals surface area contributed by atoms with Gasteiger partial charge in [0, 0.05) is 12.6 Å². The molecule has 114 valence electrons. The van der Waals surface area contributed by atoms with E-state index in [1.54, 1.807) is 0 Å². The van der Waals surface area contributed by atoms with Gasteiger partial charge < -0.3 is 5.11 Å². The molecular formula is C11H11FN2O6S. The smallest absolute Gasteiger partial charge is 0.322 e. The Labute approximate surface area is 119 Å². The fourth-order valence-electron chi connectivity index (χ4n) is 2.29. The van der Waals surface area contributed by atoms with E-state index in [4.69, 9.17) is 5.11 Å². The van der Waals surface area contributed by atoms with Crippen LogP contribution in [0, 0.1) is 15.9 Å². The fourth-order valence-corrected chi connectivity index (χ4v) is 4.14. The molecule has 1 fully saturated rings. The molecule has 8 nitrogen and oxygen atoms in total. The van der Waals surface area contributed by atoms with E-state index in [2.05, 4.69) is 0 Å².